The molecule has 1 N–H and O–H groups in total. The minimum absolute atomic E-state index is 0. The molecule has 0 saturated heterocycles. The van der Waals surface area contributed by atoms with Crippen LogP contribution in [0.3, 0.4) is 0 Å². The maximum Gasteiger partial charge on any atom is 0.292 e. The van der Waals surface area contributed by atoms with Gasteiger partial charge in [0.2, 0.25) is 0 Å². The van der Waals surface area contributed by atoms with Gasteiger partial charge in [-0.1, -0.05) is 4.98 Å². The molecular weight excluding hydrogens is 215 g/mol. The van der Waals surface area contributed by atoms with Crippen molar-refractivity contribution in [3.05, 3.63) is 24.3 Å². The van der Waals surface area contributed by atoms with Crippen LogP contribution < -0.4 is 29.0 Å². The van der Waals surface area contributed by atoms with E-state index in [4.69, 9.17) is 0 Å². The van der Waals surface area contributed by atoms with Gasteiger partial charge in [0.25, 0.3) is 5.82 Å². The molecule has 0 spiro atoms. The Morgan fingerprint density at radius 3 is 2.62 bits per heavy atom. The minimum Gasteiger partial charge on any atom is -1.00 e. The highest BCUT2D eigenvalue weighted by atomic mass is 127. The van der Waals surface area contributed by atoms with Crippen molar-refractivity contribution in [1.82, 2.24) is 4.98 Å². The third-order valence-corrected chi connectivity index (χ3v) is 0.743. The lowest BCUT2D eigenvalue weighted by Gasteiger charge is -1.71. The van der Waals surface area contributed by atoms with Gasteiger partial charge in [-0.15, -0.1) is 0 Å². The number of halogens is 1. The highest BCUT2D eigenvalue weighted by Gasteiger charge is 1.85. The molecule has 0 aliphatic carbocycles. The minimum atomic E-state index is 0. The number of aromatic nitrogens is 2. The summed E-state index contributed by atoms with van der Waals surface area (Å²) in [5.74, 6) is 0.947. The van der Waals surface area contributed by atoms with Gasteiger partial charge in [-0.25, -0.2) is 4.98 Å². The molecule has 0 aromatic carbocycles. The average Bonchev–Trinajstić information content (AvgIpc) is 1.69. The van der Waals surface area contributed by atoms with Crippen LogP contribution in [-0.2, 0) is 0 Å². The lowest BCUT2D eigenvalue weighted by atomic mass is 10.6. The fraction of sp³-hybridized carbons (Fsp3) is 0.200. The predicted molar refractivity (Wildman–Crippen MR) is 25.5 cm³/mol. The molecule has 44 valence electrons. The molecule has 2 nitrogen and oxygen atoms in total. The molecule has 8 heavy (non-hydrogen) atoms. The van der Waals surface area contributed by atoms with Crippen molar-refractivity contribution in [2.24, 2.45) is 0 Å². The maximum absolute atomic E-state index is 3.92. The van der Waals surface area contributed by atoms with Gasteiger partial charge in [0.05, 0.1) is 6.20 Å². The van der Waals surface area contributed by atoms with Crippen molar-refractivity contribution in [2.45, 2.75) is 6.92 Å². The molecule has 3 heteroatoms. The average molecular weight is 222 g/mol. The second-order valence-electron chi connectivity index (χ2n) is 1.37. The van der Waals surface area contributed by atoms with E-state index in [0.717, 1.165) is 5.82 Å². The third-order valence-electron chi connectivity index (χ3n) is 0.743. The quantitative estimate of drug-likeness (QED) is 0.436. The Hall–Kier alpha value is -0.190. The molecule has 0 fully saturated rings. The highest BCUT2D eigenvalue weighted by Crippen LogP contribution is 1.71. The molecule has 0 saturated carbocycles. The van der Waals surface area contributed by atoms with E-state index in [1.165, 1.54) is 0 Å². The lowest BCUT2D eigenvalue weighted by Crippen LogP contribution is -3.00. The fourth-order valence-corrected chi connectivity index (χ4v) is 0.404. The Kier molecular flexibility index (Phi) is 3.68. The Bertz CT molecular complexity index is 140. The Morgan fingerprint density at radius 1 is 1.62 bits per heavy atom. The van der Waals surface area contributed by atoms with E-state index in [-0.39, 0.29) is 24.0 Å². The van der Waals surface area contributed by atoms with E-state index in [2.05, 4.69) is 9.97 Å². The first-order valence-electron chi connectivity index (χ1n) is 2.19. The second-order valence-corrected chi connectivity index (χ2v) is 1.37. The zero-order valence-corrected chi connectivity index (χ0v) is 6.71. The molecule has 0 atom stereocenters. The van der Waals surface area contributed by atoms with Gasteiger partial charge in [-0.2, -0.15) is 0 Å². The van der Waals surface area contributed by atoms with Crippen LogP contribution in [-0.4, -0.2) is 4.98 Å². The molecular formula is C5H7IN2. The SMILES string of the molecule is Cc1nccc[nH+]1.[I-]. The molecule has 0 amide bonds. The first-order chi connectivity index (χ1) is 3.39. The van der Waals surface area contributed by atoms with Crippen molar-refractivity contribution >= 4 is 0 Å². The van der Waals surface area contributed by atoms with E-state index in [0.29, 0.717) is 0 Å². The molecule has 0 radical (unpaired) electrons. The van der Waals surface area contributed by atoms with Gasteiger partial charge in [0, 0.05) is 13.0 Å². The van der Waals surface area contributed by atoms with Crippen LogP contribution in [0.5, 0.6) is 0 Å². The maximum atomic E-state index is 3.92. The van der Waals surface area contributed by atoms with Gasteiger partial charge in [-0.05, 0) is 0 Å². The summed E-state index contributed by atoms with van der Waals surface area (Å²) in [5, 5.41) is 0. The zero-order chi connectivity index (χ0) is 5.11. The molecule has 1 heterocycles. The van der Waals surface area contributed by atoms with E-state index >= 15 is 0 Å². The van der Waals surface area contributed by atoms with Crippen molar-refractivity contribution in [3.8, 4) is 0 Å². The number of rotatable bonds is 0. The number of hydrogen-bond donors (Lipinski definition) is 0. The van der Waals surface area contributed by atoms with E-state index in [9.17, 15) is 0 Å². The topological polar surface area (TPSA) is 27.0 Å². The van der Waals surface area contributed by atoms with E-state index in [1.807, 2.05) is 19.2 Å². The Morgan fingerprint density at radius 2 is 2.38 bits per heavy atom. The number of aromatic amines is 1. The molecule has 1 aromatic rings. The van der Waals surface area contributed by atoms with Gasteiger partial charge < -0.3 is 24.0 Å². The summed E-state index contributed by atoms with van der Waals surface area (Å²) in [6, 6.07) is 1.85. The van der Waals surface area contributed by atoms with Crippen LogP contribution in [0.25, 0.3) is 0 Å². The number of nitrogens with one attached hydrogen (secondary N) is 1. The van der Waals surface area contributed by atoms with Gasteiger partial charge in [0.1, 0.15) is 6.20 Å². The zero-order valence-electron chi connectivity index (χ0n) is 4.56. The third kappa shape index (κ3) is 2.20. The Balaban J connectivity index is 0.000000490. The van der Waals surface area contributed by atoms with E-state index < -0.39 is 0 Å². The molecule has 0 aliphatic rings. The van der Waals surface area contributed by atoms with Crippen molar-refractivity contribution in [1.29, 1.82) is 0 Å². The summed E-state index contributed by atoms with van der Waals surface area (Å²) in [5.41, 5.74) is 0. The standard InChI is InChI=1S/C5H6N2.HI/c1-5-6-3-2-4-7-5;/h2-4H,1H3;1H. The monoisotopic (exact) mass is 222 g/mol. The van der Waals surface area contributed by atoms with Crippen LogP contribution >= 0.6 is 0 Å². The van der Waals surface area contributed by atoms with Crippen LogP contribution in [0.4, 0.5) is 0 Å². The summed E-state index contributed by atoms with van der Waals surface area (Å²) in [6.07, 6.45) is 3.61. The molecule has 0 unspecified atom stereocenters. The highest BCUT2D eigenvalue weighted by molar-refractivity contribution is 4.74. The number of nitrogens with zero attached hydrogens (tertiary/aromatic N) is 1. The van der Waals surface area contributed by atoms with Crippen molar-refractivity contribution in [3.63, 3.8) is 0 Å². The fourth-order valence-electron chi connectivity index (χ4n) is 0.404. The first kappa shape index (κ1) is 7.81. The van der Waals surface area contributed by atoms with Crippen molar-refractivity contribution < 1.29 is 29.0 Å². The Labute approximate surface area is 65.4 Å². The summed E-state index contributed by atoms with van der Waals surface area (Å²) in [4.78, 5) is 6.84. The smallest absolute Gasteiger partial charge is 0.292 e. The van der Waals surface area contributed by atoms with E-state index in [1.54, 1.807) is 6.20 Å². The molecule has 0 aliphatic heterocycles. The molecule has 1 rings (SSSR count). The van der Waals surface area contributed by atoms with Crippen LogP contribution in [0, 0.1) is 6.92 Å². The summed E-state index contributed by atoms with van der Waals surface area (Å²) in [7, 11) is 0. The lowest BCUT2D eigenvalue weighted by molar-refractivity contribution is -0.392. The van der Waals surface area contributed by atoms with Gasteiger partial charge in [0.15, 0.2) is 0 Å². The van der Waals surface area contributed by atoms with Gasteiger partial charge in [-0.3, -0.25) is 0 Å². The first-order valence-corrected chi connectivity index (χ1v) is 2.19. The summed E-state index contributed by atoms with van der Waals surface area (Å²) >= 11 is 0. The largest absolute Gasteiger partial charge is 1.00 e. The number of hydrogen-bond acceptors (Lipinski definition) is 1. The molecule has 0 bridgehead atoms. The normalized spacial score (nSPS) is 7.62. The second kappa shape index (κ2) is 3.77. The van der Waals surface area contributed by atoms with Crippen LogP contribution in [0.15, 0.2) is 18.5 Å². The summed E-state index contributed by atoms with van der Waals surface area (Å²) in [6.45, 7) is 1.92. The van der Waals surface area contributed by atoms with Gasteiger partial charge >= 0.3 is 0 Å². The predicted octanol–water partition coefficient (Wildman–Crippen LogP) is -2.79. The van der Waals surface area contributed by atoms with Crippen LogP contribution in [0.2, 0.25) is 0 Å². The van der Waals surface area contributed by atoms with Crippen molar-refractivity contribution in [2.75, 3.05) is 0 Å². The number of H-pyrrole nitrogens is 1. The summed E-state index contributed by atoms with van der Waals surface area (Å²) < 4.78 is 0. The molecule has 1 aromatic heterocycles. The number of aryl methyl sites for hydroxylation is 1. The van der Waals surface area contributed by atoms with Crippen LogP contribution in [0.1, 0.15) is 5.82 Å².